The number of nitriles is 1. The predicted octanol–water partition coefficient (Wildman–Crippen LogP) is 2.00. The van der Waals surface area contributed by atoms with E-state index in [0.717, 1.165) is 9.13 Å². The van der Waals surface area contributed by atoms with Crippen LogP contribution in [0.2, 0.25) is 0 Å². The largest absolute Gasteiger partial charge is 0.371 e. The highest BCUT2D eigenvalue weighted by molar-refractivity contribution is 14.1. The number of sulfone groups is 1. The highest BCUT2D eigenvalue weighted by Gasteiger charge is 2.31. The first-order valence-corrected chi connectivity index (χ1v) is 11.8. The Kier molecular flexibility index (Phi) is 7.86. The van der Waals surface area contributed by atoms with Crippen molar-refractivity contribution >= 4 is 44.0 Å². The number of anilines is 1. The number of hydrogen-bond acceptors (Lipinski definition) is 6. The molecule has 1 N–H and O–H groups in total. The van der Waals surface area contributed by atoms with Crippen molar-refractivity contribution in [3.63, 3.8) is 0 Å². The number of hydrogen-bond donors (Lipinski definition) is 1. The minimum Gasteiger partial charge on any atom is -0.371 e. The molecule has 1 aromatic rings. The highest BCUT2D eigenvalue weighted by Crippen LogP contribution is 2.21. The quantitative estimate of drug-likeness (QED) is 0.339. The molecular formula is C19H25IN4O3S. The molecule has 1 unspecified atom stereocenters. The van der Waals surface area contributed by atoms with Crippen molar-refractivity contribution in [1.82, 2.24) is 9.80 Å². The molecule has 0 aliphatic carbocycles. The Hall–Kier alpha value is -1.64. The zero-order chi connectivity index (χ0) is 20.9. The first kappa shape index (κ1) is 22.6. The second-order valence-electron chi connectivity index (χ2n) is 7.17. The van der Waals surface area contributed by atoms with E-state index in [2.05, 4.69) is 27.9 Å². The van der Waals surface area contributed by atoms with E-state index in [-0.39, 0.29) is 23.1 Å². The molecule has 1 heterocycles. The van der Waals surface area contributed by atoms with E-state index in [0.29, 0.717) is 25.2 Å². The average molecular weight is 516 g/mol. The molecule has 152 valence electrons. The van der Waals surface area contributed by atoms with Crippen molar-refractivity contribution in [2.45, 2.75) is 19.4 Å². The molecule has 1 amide bonds. The van der Waals surface area contributed by atoms with Gasteiger partial charge in [0.05, 0.1) is 11.5 Å². The first-order chi connectivity index (χ1) is 13.1. The van der Waals surface area contributed by atoms with Crippen molar-refractivity contribution in [1.29, 1.82) is 5.26 Å². The summed E-state index contributed by atoms with van der Waals surface area (Å²) in [5, 5.41) is 12.3. The van der Waals surface area contributed by atoms with E-state index in [9.17, 15) is 18.5 Å². The molecule has 7 nitrogen and oxygen atoms in total. The predicted molar refractivity (Wildman–Crippen MR) is 119 cm³/mol. The number of likely N-dealkylation sites (N-methyl/N-ethyl adjacent to an activating group) is 1. The van der Waals surface area contributed by atoms with Crippen LogP contribution in [0.5, 0.6) is 0 Å². The summed E-state index contributed by atoms with van der Waals surface area (Å²) in [6.07, 6.45) is 2.01. The van der Waals surface area contributed by atoms with Crippen LogP contribution in [0.1, 0.15) is 12.0 Å². The number of carbonyl (C=O) groups excluding carboxylic acids is 1. The molecule has 0 radical (unpaired) electrons. The SMILES string of the molecule is Cc1cc(I)ccc1NC(=O)/C(C#N)=C\N(CCN(C)C)C1CCS(=O)(=O)C1. The second kappa shape index (κ2) is 9.71. The van der Waals surface area contributed by atoms with Gasteiger partial charge >= 0.3 is 0 Å². The molecule has 28 heavy (non-hydrogen) atoms. The molecule has 1 atom stereocenters. The summed E-state index contributed by atoms with van der Waals surface area (Å²) in [5.74, 6) is -0.310. The van der Waals surface area contributed by atoms with Crippen LogP contribution in [0.15, 0.2) is 30.0 Å². The summed E-state index contributed by atoms with van der Waals surface area (Å²) < 4.78 is 24.8. The molecule has 0 saturated carbocycles. The van der Waals surface area contributed by atoms with Crippen molar-refractivity contribution < 1.29 is 13.2 Å². The Labute approximate surface area is 180 Å². The third-order valence-electron chi connectivity index (χ3n) is 4.58. The van der Waals surface area contributed by atoms with Crippen LogP contribution in [0, 0.1) is 21.8 Å². The summed E-state index contributed by atoms with van der Waals surface area (Å²) in [5.41, 5.74) is 1.51. The van der Waals surface area contributed by atoms with Gasteiger partial charge in [0, 0.05) is 34.6 Å². The topological polar surface area (TPSA) is 93.5 Å². The van der Waals surface area contributed by atoms with Crippen LogP contribution < -0.4 is 5.32 Å². The lowest BCUT2D eigenvalue weighted by atomic mass is 10.1. The Morgan fingerprint density at radius 1 is 1.39 bits per heavy atom. The number of amides is 1. The maximum atomic E-state index is 12.6. The third kappa shape index (κ3) is 6.46. The Morgan fingerprint density at radius 2 is 2.11 bits per heavy atom. The Balaban J connectivity index is 2.22. The van der Waals surface area contributed by atoms with Crippen molar-refractivity contribution in [2.75, 3.05) is 44.0 Å². The normalized spacial score (nSPS) is 18.7. The third-order valence-corrected chi connectivity index (χ3v) is 7.00. The van der Waals surface area contributed by atoms with E-state index in [1.165, 1.54) is 6.20 Å². The number of carbonyl (C=O) groups is 1. The van der Waals surface area contributed by atoms with Crippen LogP contribution in [0.3, 0.4) is 0 Å². The van der Waals surface area contributed by atoms with Gasteiger partial charge in [-0.05, 0) is 73.8 Å². The van der Waals surface area contributed by atoms with Crippen molar-refractivity contribution in [3.8, 4) is 6.07 Å². The van der Waals surface area contributed by atoms with Gasteiger partial charge in [-0.2, -0.15) is 5.26 Å². The van der Waals surface area contributed by atoms with Gasteiger partial charge in [0.1, 0.15) is 11.6 Å². The van der Waals surface area contributed by atoms with Crippen LogP contribution >= 0.6 is 22.6 Å². The standard InChI is InChI=1S/C19H25IN4O3S/c1-14-10-16(20)4-5-18(14)22-19(25)15(11-21)12-24(8-7-23(2)3)17-6-9-28(26,27)13-17/h4-5,10,12,17H,6-9,13H2,1-3H3,(H,22,25)/b15-12-. The Bertz CT molecular complexity index is 906. The zero-order valence-corrected chi connectivity index (χ0v) is 19.2. The van der Waals surface area contributed by atoms with E-state index < -0.39 is 15.7 Å². The molecule has 1 fully saturated rings. The fourth-order valence-electron chi connectivity index (χ4n) is 2.97. The van der Waals surface area contributed by atoms with Crippen LogP contribution in [-0.2, 0) is 14.6 Å². The molecular weight excluding hydrogens is 491 g/mol. The fourth-order valence-corrected chi connectivity index (χ4v) is 5.36. The van der Waals surface area contributed by atoms with Gasteiger partial charge in [-0.25, -0.2) is 8.42 Å². The minimum absolute atomic E-state index is 0.0407. The summed E-state index contributed by atoms with van der Waals surface area (Å²) in [6, 6.07) is 7.36. The van der Waals surface area contributed by atoms with Gasteiger partial charge in [-0.1, -0.05) is 0 Å². The fraction of sp³-hybridized carbons (Fsp3) is 0.474. The molecule has 1 aliphatic heterocycles. The molecule has 0 aromatic heterocycles. The van der Waals surface area contributed by atoms with Gasteiger partial charge in [-0.3, -0.25) is 4.79 Å². The van der Waals surface area contributed by atoms with Gasteiger partial charge in [0.25, 0.3) is 5.91 Å². The lowest BCUT2D eigenvalue weighted by Gasteiger charge is -2.28. The average Bonchev–Trinajstić information content (AvgIpc) is 2.97. The second-order valence-corrected chi connectivity index (χ2v) is 10.6. The molecule has 0 bridgehead atoms. The molecule has 0 spiro atoms. The molecule has 1 saturated heterocycles. The number of halogens is 1. The van der Waals surface area contributed by atoms with Crippen LogP contribution in [0.4, 0.5) is 5.69 Å². The number of nitrogens with zero attached hydrogens (tertiary/aromatic N) is 3. The van der Waals surface area contributed by atoms with Crippen LogP contribution in [-0.4, -0.2) is 68.9 Å². The lowest BCUT2D eigenvalue weighted by Crippen LogP contribution is -2.37. The van der Waals surface area contributed by atoms with Gasteiger partial charge in [0.2, 0.25) is 0 Å². The number of nitrogens with one attached hydrogen (secondary N) is 1. The van der Waals surface area contributed by atoms with Crippen molar-refractivity contribution in [2.24, 2.45) is 0 Å². The summed E-state index contributed by atoms with van der Waals surface area (Å²) in [7, 11) is 0.774. The van der Waals surface area contributed by atoms with E-state index in [1.54, 1.807) is 6.07 Å². The Morgan fingerprint density at radius 3 is 2.64 bits per heavy atom. The number of aryl methyl sites for hydroxylation is 1. The maximum Gasteiger partial charge on any atom is 0.267 e. The minimum atomic E-state index is -3.07. The summed E-state index contributed by atoms with van der Waals surface area (Å²) in [4.78, 5) is 16.4. The lowest BCUT2D eigenvalue weighted by molar-refractivity contribution is -0.112. The monoisotopic (exact) mass is 516 g/mol. The van der Waals surface area contributed by atoms with Crippen molar-refractivity contribution in [3.05, 3.63) is 39.1 Å². The molecule has 1 aliphatic rings. The number of rotatable bonds is 7. The van der Waals surface area contributed by atoms with Crippen LogP contribution in [0.25, 0.3) is 0 Å². The highest BCUT2D eigenvalue weighted by atomic mass is 127. The zero-order valence-electron chi connectivity index (χ0n) is 16.3. The molecule has 2 rings (SSSR count). The van der Waals surface area contributed by atoms with Gasteiger partial charge < -0.3 is 15.1 Å². The molecule has 1 aromatic carbocycles. The summed E-state index contributed by atoms with van der Waals surface area (Å²) >= 11 is 2.19. The van der Waals surface area contributed by atoms with E-state index in [1.807, 2.05) is 49.0 Å². The van der Waals surface area contributed by atoms with E-state index in [4.69, 9.17) is 0 Å². The molecule has 9 heteroatoms. The summed E-state index contributed by atoms with van der Waals surface area (Å²) in [6.45, 7) is 3.11. The van der Waals surface area contributed by atoms with Gasteiger partial charge in [-0.15, -0.1) is 0 Å². The maximum absolute atomic E-state index is 12.6. The first-order valence-electron chi connectivity index (χ1n) is 8.91. The van der Waals surface area contributed by atoms with E-state index >= 15 is 0 Å². The smallest absolute Gasteiger partial charge is 0.267 e. The number of benzene rings is 1. The van der Waals surface area contributed by atoms with Gasteiger partial charge in [0.15, 0.2) is 9.84 Å².